The van der Waals surface area contributed by atoms with Crippen LogP contribution in [0.3, 0.4) is 0 Å². The van der Waals surface area contributed by atoms with Gasteiger partial charge in [0.2, 0.25) is 5.91 Å². The van der Waals surface area contributed by atoms with Crippen LogP contribution in [0.4, 0.5) is 5.69 Å². The van der Waals surface area contributed by atoms with E-state index in [1.165, 1.54) is 57.2 Å². The van der Waals surface area contributed by atoms with Crippen molar-refractivity contribution in [3.8, 4) is 0 Å². The second kappa shape index (κ2) is 11.3. The molecule has 1 aliphatic carbocycles. The summed E-state index contributed by atoms with van der Waals surface area (Å²) in [6.07, 6.45) is 8.45. The van der Waals surface area contributed by atoms with E-state index in [1.807, 2.05) is 19.1 Å². The predicted molar refractivity (Wildman–Crippen MR) is 118 cm³/mol. The molecule has 154 valence electrons. The number of carbonyl (C=O) groups excluding carboxylic acids is 1. The first-order valence-corrected chi connectivity index (χ1v) is 9.88. The minimum atomic E-state index is 0. The summed E-state index contributed by atoms with van der Waals surface area (Å²) < 4.78 is 0. The molecule has 1 aromatic rings. The monoisotopic (exact) mass is 415 g/mol. The van der Waals surface area contributed by atoms with Crippen molar-refractivity contribution in [1.29, 1.82) is 0 Å². The van der Waals surface area contributed by atoms with Crippen LogP contribution in [0, 0.1) is 19.3 Å². The molecule has 0 bridgehead atoms. The molecule has 0 unspecified atom stereocenters. The zero-order chi connectivity index (χ0) is 17.7. The maximum Gasteiger partial charge on any atom is 0.225 e. The summed E-state index contributed by atoms with van der Waals surface area (Å²) in [5.41, 5.74) is 3.90. The van der Waals surface area contributed by atoms with E-state index >= 15 is 0 Å². The minimum absolute atomic E-state index is 0. The van der Waals surface area contributed by atoms with Gasteiger partial charge in [0.25, 0.3) is 0 Å². The van der Waals surface area contributed by atoms with Gasteiger partial charge in [-0.3, -0.25) is 4.79 Å². The number of benzene rings is 1. The Balaban J connectivity index is 0.00000182. The number of nitrogens with one attached hydrogen (secondary N) is 3. The quantitative estimate of drug-likeness (QED) is 0.668. The predicted octanol–water partition coefficient (Wildman–Crippen LogP) is 4.38. The Bertz CT molecular complexity index is 593. The number of hydrogen-bond acceptors (Lipinski definition) is 3. The summed E-state index contributed by atoms with van der Waals surface area (Å²) in [5, 5.41) is 10.1. The summed E-state index contributed by atoms with van der Waals surface area (Å²) >= 11 is 0. The third kappa shape index (κ3) is 6.94. The number of hydrogen-bond donors (Lipinski definition) is 3. The summed E-state index contributed by atoms with van der Waals surface area (Å²) in [6.45, 7) is 7.27. The lowest BCUT2D eigenvalue weighted by Gasteiger charge is -2.43. The van der Waals surface area contributed by atoms with E-state index in [2.05, 4.69) is 28.9 Å². The number of anilines is 1. The van der Waals surface area contributed by atoms with E-state index in [0.29, 0.717) is 17.9 Å². The van der Waals surface area contributed by atoms with Gasteiger partial charge in [-0.15, -0.1) is 24.8 Å². The molecule has 1 aromatic carbocycles. The molecule has 1 saturated heterocycles. The third-order valence-corrected chi connectivity index (χ3v) is 6.15. The molecule has 6 heteroatoms. The first-order chi connectivity index (χ1) is 12.1. The van der Waals surface area contributed by atoms with Crippen LogP contribution in [0.25, 0.3) is 0 Å². The number of halogens is 2. The smallest absolute Gasteiger partial charge is 0.225 e. The highest BCUT2D eigenvalue weighted by Gasteiger charge is 2.35. The molecule has 1 amide bonds. The molecule has 0 atom stereocenters. The fraction of sp³-hybridized carbons (Fsp3) is 0.667. The Kier molecular flexibility index (Phi) is 10.1. The van der Waals surface area contributed by atoms with E-state index in [0.717, 1.165) is 17.8 Å². The Morgan fingerprint density at radius 1 is 1.11 bits per heavy atom. The molecule has 1 saturated carbocycles. The molecule has 27 heavy (non-hydrogen) atoms. The largest absolute Gasteiger partial charge is 0.326 e. The zero-order valence-electron chi connectivity index (χ0n) is 16.6. The lowest BCUT2D eigenvalue weighted by molar-refractivity contribution is -0.116. The van der Waals surface area contributed by atoms with Gasteiger partial charge >= 0.3 is 0 Å². The number of rotatable bonds is 5. The highest BCUT2D eigenvalue weighted by Crippen LogP contribution is 2.43. The number of carbonyl (C=O) groups is 1. The van der Waals surface area contributed by atoms with Gasteiger partial charge in [0.15, 0.2) is 0 Å². The van der Waals surface area contributed by atoms with Crippen LogP contribution in [-0.4, -0.2) is 31.6 Å². The van der Waals surface area contributed by atoms with Crippen LogP contribution >= 0.6 is 24.8 Å². The van der Waals surface area contributed by atoms with Gasteiger partial charge in [-0.25, -0.2) is 0 Å². The third-order valence-electron chi connectivity index (χ3n) is 6.15. The fourth-order valence-electron chi connectivity index (χ4n) is 4.45. The van der Waals surface area contributed by atoms with Gasteiger partial charge in [-0.2, -0.15) is 0 Å². The molecule has 0 aromatic heterocycles. The molecule has 1 aliphatic heterocycles. The van der Waals surface area contributed by atoms with Crippen molar-refractivity contribution >= 4 is 36.4 Å². The lowest BCUT2D eigenvalue weighted by atomic mass is 9.67. The highest BCUT2D eigenvalue weighted by atomic mass is 35.5. The topological polar surface area (TPSA) is 53.2 Å². The summed E-state index contributed by atoms with van der Waals surface area (Å²) in [4.78, 5) is 12.2. The van der Waals surface area contributed by atoms with Crippen molar-refractivity contribution in [3.63, 3.8) is 0 Å². The first kappa shape index (κ1) is 24.2. The van der Waals surface area contributed by atoms with Gasteiger partial charge in [0.1, 0.15) is 0 Å². The summed E-state index contributed by atoms with van der Waals surface area (Å²) in [7, 11) is 0. The van der Waals surface area contributed by atoms with Crippen LogP contribution < -0.4 is 16.0 Å². The van der Waals surface area contributed by atoms with Crippen LogP contribution in [0.1, 0.15) is 56.1 Å². The Morgan fingerprint density at radius 3 is 2.41 bits per heavy atom. The molecular weight excluding hydrogens is 381 g/mol. The lowest BCUT2D eigenvalue weighted by Crippen LogP contribution is -2.43. The minimum Gasteiger partial charge on any atom is -0.326 e. The van der Waals surface area contributed by atoms with Gasteiger partial charge < -0.3 is 16.0 Å². The van der Waals surface area contributed by atoms with Crippen LogP contribution in [0.15, 0.2) is 18.2 Å². The Hall–Kier alpha value is -0.810. The zero-order valence-corrected chi connectivity index (χ0v) is 18.2. The van der Waals surface area contributed by atoms with Gasteiger partial charge in [-0.05, 0) is 82.5 Å². The first-order valence-electron chi connectivity index (χ1n) is 9.88. The summed E-state index contributed by atoms with van der Waals surface area (Å²) in [6, 6.07) is 6.73. The number of aryl methyl sites for hydroxylation is 2. The molecule has 4 nitrogen and oxygen atoms in total. The van der Waals surface area contributed by atoms with Crippen LogP contribution in [0.5, 0.6) is 0 Å². The Labute approximate surface area is 176 Å². The standard InChI is InChI=1S/C21H33N3O.2ClH/c1-16-3-4-19(17(2)15-16)24-20(25)7-12-23-18-5-8-21(9-6-18)10-13-22-14-11-21;;/h3-4,15,18,22-23H,5-14H2,1-2H3,(H,24,25);2*1H. The van der Waals surface area contributed by atoms with Crippen molar-refractivity contribution in [2.75, 3.05) is 25.0 Å². The molecular formula is C21H35Cl2N3O. The molecule has 2 aliphatic rings. The van der Waals surface area contributed by atoms with Crippen molar-refractivity contribution < 1.29 is 4.79 Å². The maximum absolute atomic E-state index is 12.2. The molecule has 0 radical (unpaired) electrons. The average Bonchev–Trinajstić information content (AvgIpc) is 2.60. The fourth-order valence-corrected chi connectivity index (χ4v) is 4.45. The summed E-state index contributed by atoms with van der Waals surface area (Å²) in [5.74, 6) is 0.102. The SMILES string of the molecule is Cc1ccc(NC(=O)CCNC2CCC3(CCNCC3)CC2)c(C)c1.Cl.Cl. The highest BCUT2D eigenvalue weighted by molar-refractivity contribution is 5.91. The molecule has 3 N–H and O–H groups in total. The van der Waals surface area contributed by atoms with Gasteiger partial charge in [-0.1, -0.05) is 17.7 Å². The van der Waals surface area contributed by atoms with E-state index in [1.54, 1.807) is 0 Å². The van der Waals surface area contributed by atoms with Crippen molar-refractivity contribution in [2.45, 2.75) is 64.8 Å². The average molecular weight is 416 g/mol. The molecule has 2 fully saturated rings. The van der Waals surface area contributed by atoms with E-state index < -0.39 is 0 Å². The van der Waals surface area contributed by atoms with Crippen molar-refractivity contribution in [2.24, 2.45) is 5.41 Å². The second-order valence-corrected chi connectivity index (χ2v) is 8.09. The number of piperidine rings is 1. The second-order valence-electron chi connectivity index (χ2n) is 8.09. The van der Waals surface area contributed by atoms with Gasteiger partial charge in [0.05, 0.1) is 0 Å². The van der Waals surface area contributed by atoms with Crippen LogP contribution in [-0.2, 0) is 4.79 Å². The van der Waals surface area contributed by atoms with E-state index in [9.17, 15) is 4.79 Å². The number of amides is 1. The van der Waals surface area contributed by atoms with Gasteiger partial charge in [0, 0.05) is 24.7 Å². The van der Waals surface area contributed by atoms with E-state index in [-0.39, 0.29) is 30.7 Å². The Morgan fingerprint density at radius 2 is 1.78 bits per heavy atom. The molecule has 3 rings (SSSR count). The molecule has 1 heterocycles. The van der Waals surface area contributed by atoms with Crippen molar-refractivity contribution in [1.82, 2.24) is 10.6 Å². The molecule has 1 spiro atoms. The normalized spacial score (nSPS) is 19.0. The van der Waals surface area contributed by atoms with Crippen LogP contribution in [0.2, 0.25) is 0 Å². The maximum atomic E-state index is 12.2. The van der Waals surface area contributed by atoms with E-state index in [4.69, 9.17) is 0 Å². The van der Waals surface area contributed by atoms with Crippen molar-refractivity contribution in [3.05, 3.63) is 29.3 Å².